The van der Waals surface area contributed by atoms with Gasteiger partial charge < -0.3 is 16.2 Å². The Morgan fingerprint density at radius 2 is 2.00 bits per heavy atom. The van der Waals surface area contributed by atoms with Gasteiger partial charge in [-0.1, -0.05) is 17.7 Å². The molecule has 0 saturated heterocycles. The number of nitrogen functional groups attached to an aromatic ring is 1. The van der Waals surface area contributed by atoms with Crippen molar-refractivity contribution in [3.63, 3.8) is 0 Å². The summed E-state index contributed by atoms with van der Waals surface area (Å²) >= 11 is 5.93. The molecule has 0 spiro atoms. The van der Waals surface area contributed by atoms with E-state index in [2.05, 4.69) is 5.32 Å². The maximum Gasteiger partial charge on any atom is 0.257 e. The average Bonchev–Trinajstić information content (AvgIpc) is 2.36. The first kappa shape index (κ1) is 13.2. The Balaban J connectivity index is 2.30. The number of hydrogen-bond acceptors (Lipinski definition) is 3. The number of nitrogens with two attached hydrogens (primary N) is 1. The summed E-state index contributed by atoms with van der Waals surface area (Å²) in [6.07, 6.45) is 0. The molecule has 0 aliphatic rings. The number of benzene rings is 2. The molecule has 0 aliphatic heterocycles. The third kappa shape index (κ3) is 2.98. The molecule has 98 valence electrons. The van der Waals surface area contributed by atoms with E-state index in [-0.39, 0.29) is 16.3 Å². The molecule has 0 radical (unpaired) electrons. The van der Waals surface area contributed by atoms with Gasteiger partial charge in [-0.05, 0) is 42.8 Å². The second-order valence-electron chi connectivity index (χ2n) is 4.21. The van der Waals surface area contributed by atoms with Crippen LogP contribution in [0.3, 0.4) is 0 Å². The molecule has 0 aromatic heterocycles. The van der Waals surface area contributed by atoms with E-state index in [9.17, 15) is 9.90 Å². The summed E-state index contributed by atoms with van der Waals surface area (Å²) in [6.45, 7) is 1.90. The van der Waals surface area contributed by atoms with Crippen molar-refractivity contribution in [1.82, 2.24) is 0 Å². The molecule has 0 atom stereocenters. The molecule has 0 unspecified atom stereocenters. The highest BCUT2D eigenvalue weighted by Gasteiger charge is 2.12. The Kier molecular flexibility index (Phi) is 3.62. The van der Waals surface area contributed by atoms with Crippen molar-refractivity contribution in [2.45, 2.75) is 6.92 Å². The number of anilines is 2. The van der Waals surface area contributed by atoms with E-state index in [1.807, 2.05) is 13.0 Å². The molecule has 0 bridgehead atoms. The highest BCUT2D eigenvalue weighted by Crippen LogP contribution is 2.24. The standard InChI is InChI=1S/C14H13ClN2O2/c1-8-2-5-12(16)13(6-8)17-14(19)10-7-9(18)3-4-11(10)15/h2-7,18H,16H2,1H3,(H,17,19). The van der Waals surface area contributed by atoms with Gasteiger partial charge in [-0.15, -0.1) is 0 Å². The number of phenolic OH excluding ortho intramolecular Hbond substituents is 1. The van der Waals surface area contributed by atoms with E-state index < -0.39 is 5.91 Å². The van der Waals surface area contributed by atoms with Crippen molar-refractivity contribution >= 4 is 28.9 Å². The number of aryl methyl sites for hydroxylation is 1. The van der Waals surface area contributed by atoms with Crippen LogP contribution in [0.25, 0.3) is 0 Å². The second-order valence-corrected chi connectivity index (χ2v) is 4.62. The second kappa shape index (κ2) is 5.20. The Labute approximate surface area is 115 Å². The number of rotatable bonds is 2. The van der Waals surface area contributed by atoms with Crippen LogP contribution in [0.1, 0.15) is 15.9 Å². The van der Waals surface area contributed by atoms with Crippen LogP contribution in [0.15, 0.2) is 36.4 Å². The number of nitrogens with one attached hydrogen (secondary N) is 1. The van der Waals surface area contributed by atoms with E-state index in [0.29, 0.717) is 11.4 Å². The van der Waals surface area contributed by atoms with E-state index in [4.69, 9.17) is 17.3 Å². The molecule has 2 aromatic carbocycles. The van der Waals surface area contributed by atoms with Crippen molar-refractivity contribution in [3.05, 3.63) is 52.5 Å². The molecule has 4 N–H and O–H groups in total. The van der Waals surface area contributed by atoms with E-state index in [1.54, 1.807) is 12.1 Å². The summed E-state index contributed by atoms with van der Waals surface area (Å²) in [5, 5.41) is 12.3. The van der Waals surface area contributed by atoms with Gasteiger partial charge in [0.15, 0.2) is 0 Å². The lowest BCUT2D eigenvalue weighted by atomic mass is 10.1. The monoisotopic (exact) mass is 276 g/mol. The fourth-order valence-electron chi connectivity index (χ4n) is 1.66. The van der Waals surface area contributed by atoms with Gasteiger partial charge in [-0.2, -0.15) is 0 Å². The quantitative estimate of drug-likeness (QED) is 0.737. The van der Waals surface area contributed by atoms with Crippen LogP contribution in [0.4, 0.5) is 11.4 Å². The summed E-state index contributed by atoms with van der Waals surface area (Å²) in [4.78, 5) is 12.1. The zero-order valence-electron chi connectivity index (χ0n) is 10.3. The SMILES string of the molecule is Cc1ccc(N)c(NC(=O)c2cc(O)ccc2Cl)c1. The molecule has 0 aliphatic carbocycles. The number of carbonyl (C=O) groups is 1. The predicted octanol–water partition coefficient (Wildman–Crippen LogP) is 3.19. The number of phenols is 1. The highest BCUT2D eigenvalue weighted by molar-refractivity contribution is 6.34. The van der Waals surface area contributed by atoms with Crippen LogP contribution in [0.2, 0.25) is 5.02 Å². The van der Waals surface area contributed by atoms with Crippen LogP contribution in [-0.4, -0.2) is 11.0 Å². The van der Waals surface area contributed by atoms with Crippen LogP contribution >= 0.6 is 11.6 Å². The van der Waals surface area contributed by atoms with Gasteiger partial charge in [-0.25, -0.2) is 0 Å². The summed E-state index contributed by atoms with van der Waals surface area (Å²) in [5.74, 6) is -0.440. The summed E-state index contributed by atoms with van der Waals surface area (Å²) in [6, 6.07) is 9.53. The average molecular weight is 277 g/mol. The first-order valence-electron chi connectivity index (χ1n) is 5.63. The Morgan fingerprint density at radius 3 is 2.74 bits per heavy atom. The first-order chi connectivity index (χ1) is 8.97. The highest BCUT2D eigenvalue weighted by atomic mass is 35.5. The zero-order chi connectivity index (χ0) is 14.0. The summed E-state index contributed by atoms with van der Waals surface area (Å²) in [7, 11) is 0. The van der Waals surface area contributed by atoms with Crippen molar-refractivity contribution in [2.75, 3.05) is 11.1 Å². The first-order valence-corrected chi connectivity index (χ1v) is 6.01. The molecule has 19 heavy (non-hydrogen) atoms. The molecule has 0 fully saturated rings. The fraction of sp³-hybridized carbons (Fsp3) is 0.0714. The van der Waals surface area contributed by atoms with Gasteiger partial charge in [0.05, 0.1) is 22.0 Å². The largest absolute Gasteiger partial charge is 0.508 e. The maximum atomic E-state index is 12.1. The molecule has 2 aromatic rings. The van der Waals surface area contributed by atoms with Crippen molar-refractivity contribution in [3.8, 4) is 5.75 Å². The van der Waals surface area contributed by atoms with Crippen LogP contribution < -0.4 is 11.1 Å². The predicted molar refractivity (Wildman–Crippen MR) is 76.7 cm³/mol. The van der Waals surface area contributed by atoms with E-state index in [0.717, 1.165) is 5.56 Å². The zero-order valence-corrected chi connectivity index (χ0v) is 11.0. The molecule has 1 amide bonds. The Morgan fingerprint density at radius 1 is 1.26 bits per heavy atom. The molecule has 0 saturated carbocycles. The van der Waals surface area contributed by atoms with E-state index >= 15 is 0 Å². The number of amides is 1. The molecule has 0 heterocycles. The van der Waals surface area contributed by atoms with Gasteiger partial charge in [0.25, 0.3) is 5.91 Å². The third-order valence-corrected chi connectivity index (χ3v) is 2.98. The van der Waals surface area contributed by atoms with Crippen molar-refractivity contribution < 1.29 is 9.90 Å². The lowest BCUT2D eigenvalue weighted by Gasteiger charge is -2.10. The Hall–Kier alpha value is -2.20. The van der Waals surface area contributed by atoms with Gasteiger partial charge in [-0.3, -0.25) is 4.79 Å². The smallest absolute Gasteiger partial charge is 0.257 e. The summed E-state index contributed by atoms with van der Waals surface area (Å²) < 4.78 is 0. The maximum absolute atomic E-state index is 12.1. The fourth-order valence-corrected chi connectivity index (χ4v) is 1.86. The topological polar surface area (TPSA) is 75.3 Å². The lowest BCUT2D eigenvalue weighted by Crippen LogP contribution is -2.13. The van der Waals surface area contributed by atoms with Gasteiger partial charge in [0, 0.05) is 0 Å². The summed E-state index contributed by atoms with van der Waals surface area (Å²) in [5.41, 5.74) is 7.95. The molecule has 2 rings (SSSR count). The van der Waals surface area contributed by atoms with Crippen LogP contribution in [0, 0.1) is 6.92 Å². The molecular formula is C14H13ClN2O2. The van der Waals surface area contributed by atoms with Gasteiger partial charge in [0.1, 0.15) is 5.75 Å². The minimum absolute atomic E-state index is 0.0215. The van der Waals surface area contributed by atoms with Crippen LogP contribution in [0.5, 0.6) is 5.75 Å². The minimum atomic E-state index is -0.418. The van der Waals surface area contributed by atoms with Gasteiger partial charge in [0.2, 0.25) is 0 Å². The molecular weight excluding hydrogens is 264 g/mol. The Bertz CT molecular complexity index is 641. The number of hydrogen-bond donors (Lipinski definition) is 3. The van der Waals surface area contributed by atoms with Crippen molar-refractivity contribution in [1.29, 1.82) is 0 Å². The normalized spacial score (nSPS) is 10.2. The lowest BCUT2D eigenvalue weighted by molar-refractivity contribution is 0.102. The molecule has 4 nitrogen and oxygen atoms in total. The number of carbonyl (C=O) groups excluding carboxylic acids is 1. The van der Waals surface area contributed by atoms with E-state index in [1.165, 1.54) is 18.2 Å². The number of halogens is 1. The van der Waals surface area contributed by atoms with Gasteiger partial charge >= 0.3 is 0 Å². The van der Waals surface area contributed by atoms with Crippen molar-refractivity contribution in [2.24, 2.45) is 0 Å². The van der Waals surface area contributed by atoms with Crippen LogP contribution in [-0.2, 0) is 0 Å². The third-order valence-electron chi connectivity index (χ3n) is 2.65. The number of aromatic hydroxyl groups is 1. The minimum Gasteiger partial charge on any atom is -0.508 e. The molecule has 5 heteroatoms.